The average molecular weight is 359 g/mol. The van der Waals surface area contributed by atoms with Gasteiger partial charge >= 0.3 is 0 Å². The molecular weight excluding hydrogens is 338 g/mol. The first-order valence-electron chi connectivity index (χ1n) is 7.96. The molecule has 132 valence electrons. The van der Waals surface area contributed by atoms with Gasteiger partial charge in [0, 0.05) is 17.3 Å². The quantitative estimate of drug-likeness (QED) is 0.469. The van der Waals surface area contributed by atoms with E-state index < -0.39 is 5.25 Å². The van der Waals surface area contributed by atoms with Crippen molar-refractivity contribution in [2.45, 2.75) is 44.0 Å². The van der Waals surface area contributed by atoms with E-state index >= 15 is 0 Å². The molecule has 2 aromatic rings. The van der Waals surface area contributed by atoms with Gasteiger partial charge in [-0.25, -0.2) is 4.98 Å². The summed E-state index contributed by atoms with van der Waals surface area (Å²) >= 11 is 1.18. The highest BCUT2D eigenvalue weighted by atomic mass is 32.2. The Kier molecular flexibility index (Phi) is 6.14. The average Bonchev–Trinajstić information content (AvgIpc) is 2.54. The molecule has 1 aromatic carbocycles. The van der Waals surface area contributed by atoms with Crippen LogP contribution in [0.15, 0.2) is 40.3 Å². The van der Waals surface area contributed by atoms with Gasteiger partial charge in [0.2, 0.25) is 5.91 Å². The summed E-state index contributed by atoms with van der Waals surface area (Å²) < 4.78 is 0. The fourth-order valence-electron chi connectivity index (χ4n) is 2.09. The van der Waals surface area contributed by atoms with Crippen LogP contribution in [0, 0.1) is 0 Å². The van der Waals surface area contributed by atoms with Gasteiger partial charge in [0.05, 0.1) is 10.9 Å². The van der Waals surface area contributed by atoms with Gasteiger partial charge in [-0.1, -0.05) is 37.7 Å². The van der Waals surface area contributed by atoms with Crippen LogP contribution in [-0.2, 0) is 4.79 Å². The molecule has 0 aliphatic rings. The molecule has 0 fully saturated rings. The van der Waals surface area contributed by atoms with Crippen LogP contribution in [0.5, 0.6) is 0 Å². The van der Waals surface area contributed by atoms with Crippen molar-refractivity contribution in [3.63, 3.8) is 0 Å². The summed E-state index contributed by atoms with van der Waals surface area (Å²) in [6, 6.07) is 8.24. The molecule has 0 saturated heterocycles. The minimum absolute atomic E-state index is 0.0641. The first-order chi connectivity index (χ1) is 11.8. The zero-order chi connectivity index (χ0) is 18.6. The number of ketones is 1. The zero-order valence-electron chi connectivity index (χ0n) is 14.6. The third kappa shape index (κ3) is 5.29. The van der Waals surface area contributed by atoms with Crippen molar-refractivity contribution in [1.29, 1.82) is 0 Å². The van der Waals surface area contributed by atoms with E-state index in [1.165, 1.54) is 24.8 Å². The van der Waals surface area contributed by atoms with Gasteiger partial charge in [0.1, 0.15) is 0 Å². The number of aromatic nitrogens is 2. The Morgan fingerprint density at radius 3 is 2.56 bits per heavy atom. The molecule has 0 aliphatic carbocycles. The molecule has 1 aromatic heterocycles. The molecule has 0 radical (unpaired) electrons. The first kappa shape index (κ1) is 18.9. The summed E-state index contributed by atoms with van der Waals surface area (Å²) in [5.74, 6) is -0.172. The maximum atomic E-state index is 12.4. The molecule has 7 heteroatoms. The maximum Gasteiger partial charge on any atom is 0.251 e. The number of rotatable bonds is 6. The molecule has 1 unspecified atom stereocenters. The summed E-state index contributed by atoms with van der Waals surface area (Å²) in [6.07, 6.45) is 0. The van der Waals surface area contributed by atoms with E-state index in [-0.39, 0.29) is 23.2 Å². The monoisotopic (exact) mass is 359 g/mol. The molecule has 0 aliphatic heterocycles. The molecule has 0 spiro atoms. The second-order valence-corrected chi connectivity index (χ2v) is 7.35. The fraction of sp³-hybridized carbons (Fsp3) is 0.333. The van der Waals surface area contributed by atoms with Crippen LogP contribution in [0.2, 0.25) is 0 Å². The lowest BCUT2D eigenvalue weighted by atomic mass is 10.1. The van der Waals surface area contributed by atoms with Crippen LogP contribution in [0.1, 0.15) is 49.7 Å². The van der Waals surface area contributed by atoms with E-state index in [9.17, 15) is 14.4 Å². The lowest BCUT2D eigenvalue weighted by Gasteiger charge is -2.13. The minimum atomic E-state index is -0.466. The van der Waals surface area contributed by atoms with Crippen molar-refractivity contribution < 1.29 is 9.59 Å². The normalized spacial score (nSPS) is 12.0. The molecule has 1 heterocycles. The van der Waals surface area contributed by atoms with Gasteiger partial charge < -0.3 is 10.3 Å². The predicted molar refractivity (Wildman–Crippen MR) is 99.3 cm³/mol. The second kappa shape index (κ2) is 8.11. The molecule has 1 atom stereocenters. The van der Waals surface area contributed by atoms with Gasteiger partial charge in [0.15, 0.2) is 10.9 Å². The van der Waals surface area contributed by atoms with E-state index in [1.54, 1.807) is 31.2 Å². The Hall–Kier alpha value is -2.41. The number of carbonyl (C=O) groups excluding carboxylic acids is 2. The third-order valence-electron chi connectivity index (χ3n) is 3.53. The molecule has 25 heavy (non-hydrogen) atoms. The predicted octanol–water partition coefficient (Wildman–Crippen LogP) is 3.22. The summed E-state index contributed by atoms with van der Waals surface area (Å²) in [4.78, 5) is 42.5. The summed E-state index contributed by atoms with van der Waals surface area (Å²) in [7, 11) is 0. The topological polar surface area (TPSA) is 91.9 Å². The number of amides is 1. The number of anilines is 1. The number of Topliss-reactive ketones (excluding diaryl/α,β-unsaturated/α-hetero) is 1. The summed E-state index contributed by atoms with van der Waals surface area (Å²) in [5, 5.41) is 2.72. The number of H-pyrrole nitrogens is 1. The number of benzene rings is 1. The number of nitrogens with zero attached hydrogens (tertiary/aromatic N) is 1. The maximum absolute atomic E-state index is 12.4. The lowest BCUT2D eigenvalue weighted by molar-refractivity contribution is -0.115. The number of hydrogen-bond donors (Lipinski definition) is 2. The Morgan fingerprint density at radius 1 is 1.20 bits per heavy atom. The zero-order valence-corrected chi connectivity index (χ0v) is 15.4. The van der Waals surface area contributed by atoms with E-state index in [0.29, 0.717) is 22.1 Å². The molecule has 0 saturated carbocycles. The molecule has 2 rings (SSSR count). The first-order valence-corrected chi connectivity index (χ1v) is 8.84. The number of thioether (sulfide) groups is 1. The van der Waals surface area contributed by atoms with Crippen LogP contribution in [0.3, 0.4) is 0 Å². The standard InChI is InChI=1S/C18H21N3O3S/c1-10(2)15-9-16(23)21-18(20-15)25-12(4)17(24)19-14-7-5-6-13(8-14)11(3)22/h5-10,12H,1-4H3,(H,19,24)(H,20,21,23). The van der Waals surface area contributed by atoms with Crippen LogP contribution in [0.25, 0.3) is 0 Å². The van der Waals surface area contributed by atoms with Gasteiger partial charge in [-0.05, 0) is 31.9 Å². The molecule has 2 N–H and O–H groups in total. The van der Waals surface area contributed by atoms with Crippen molar-refractivity contribution in [3.8, 4) is 0 Å². The Balaban J connectivity index is 2.09. The van der Waals surface area contributed by atoms with Crippen molar-refractivity contribution >= 4 is 29.1 Å². The Bertz CT molecular complexity index is 845. The molecule has 1 amide bonds. The summed E-state index contributed by atoms with van der Waals surface area (Å²) in [6.45, 7) is 7.11. The molecule has 0 bridgehead atoms. The fourth-order valence-corrected chi connectivity index (χ4v) is 2.90. The lowest BCUT2D eigenvalue weighted by Crippen LogP contribution is -2.23. The van der Waals surface area contributed by atoms with Gasteiger partial charge in [-0.2, -0.15) is 0 Å². The Morgan fingerprint density at radius 2 is 1.92 bits per heavy atom. The smallest absolute Gasteiger partial charge is 0.251 e. The highest BCUT2D eigenvalue weighted by Crippen LogP contribution is 2.22. The molecule has 6 nitrogen and oxygen atoms in total. The van der Waals surface area contributed by atoms with Crippen LogP contribution in [-0.4, -0.2) is 26.9 Å². The van der Waals surface area contributed by atoms with Crippen LogP contribution < -0.4 is 10.9 Å². The minimum Gasteiger partial charge on any atom is -0.325 e. The van der Waals surface area contributed by atoms with E-state index in [1.807, 2.05) is 13.8 Å². The van der Waals surface area contributed by atoms with Crippen molar-refractivity contribution in [1.82, 2.24) is 9.97 Å². The van der Waals surface area contributed by atoms with E-state index in [2.05, 4.69) is 15.3 Å². The SMILES string of the molecule is CC(=O)c1cccc(NC(=O)C(C)Sc2nc(C(C)C)cc(=O)[nH]2)c1. The van der Waals surface area contributed by atoms with Gasteiger partial charge in [0.25, 0.3) is 5.56 Å². The van der Waals surface area contributed by atoms with E-state index in [0.717, 1.165) is 0 Å². The van der Waals surface area contributed by atoms with E-state index in [4.69, 9.17) is 0 Å². The van der Waals surface area contributed by atoms with Crippen molar-refractivity contribution in [2.24, 2.45) is 0 Å². The Labute approximate surface area is 150 Å². The van der Waals surface area contributed by atoms with Crippen molar-refractivity contribution in [2.75, 3.05) is 5.32 Å². The van der Waals surface area contributed by atoms with Gasteiger partial charge in [-0.15, -0.1) is 0 Å². The highest BCUT2D eigenvalue weighted by molar-refractivity contribution is 8.00. The molecular formula is C18H21N3O3S. The largest absolute Gasteiger partial charge is 0.325 e. The number of nitrogens with one attached hydrogen (secondary N) is 2. The second-order valence-electron chi connectivity index (χ2n) is 6.02. The number of carbonyl (C=O) groups is 2. The highest BCUT2D eigenvalue weighted by Gasteiger charge is 2.17. The van der Waals surface area contributed by atoms with Crippen molar-refractivity contribution in [3.05, 3.63) is 51.9 Å². The number of hydrogen-bond acceptors (Lipinski definition) is 5. The van der Waals surface area contributed by atoms with Crippen LogP contribution >= 0.6 is 11.8 Å². The summed E-state index contributed by atoms with van der Waals surface area (Å²) in [5.41, 5.74) is 1.55. The third-order valence-corrected chi connectivity index (χ3v) is 4.51. The van der Waals surface area contributed by atoms with Gasteiger partial charge in [-0.3, -0.25) is 14.4 Å². The van der Waals surface area contributed by atoms with Crippen LogP contribution in [0.4, 0.5) is 5.69 Å². The number of aromatic amines is 1.